The highest BCUT2D eigenvalue weighted by atomic mass is 16.5. The minimum atomic E-state index is -0.794. The summed E-state index contributed by atoms with van der Waals surface area (Å²) in [5, 5.41) is 12.3. The van der Waals surface area contributed by atoms with Crippen molar-refractivity contribution in [3.05, 3.63) is 59.7 Å². The van der Waals surface area contributed by atoms with Crippen molar-refractivity contribution < 1.29 is 24.2 Å². The van der Waals surface area contributed by atoms with Crippen LogP contribution in [-0.2, 0) is 14.3 Å². The molecule has 2 aromatic rings. The lowest BCUT2D eigenvalue weighted by molar-refractivity contribution is -0.143. The number of carbonyl (C=O) groups excluding carboxylic acids is 2. The van der Waals surface area contributed by atoms with Crippen molar-refractivity contribution in [1.82, 2.24) is 10.2 Å². The number of nitrogens with zero attached hydrogens (tertiary/aromatic N) is 1. The Kier molecular flexibility index (Phi) is 4.90. The zero-order valence-corrected chi connectivity index (χ0v) is 18.9. The molecule has 2 amide bonds. The molecule has 2 saturated carbocycles. The fourth-order valence-electron chi connectivity index (χ4n) is 6.02. The number of alkyl carbamates (subject to hydrolysis) is 1. The van der Waals surface area contributed by atoms with Crippen molar-refractivity contribution in [2.45, 2.75) is 25.2 Å². The molecule has 3 fully saturated rings. The van der Waals surface area contributed by atoms with Gasteiger partial charge in [-0.15, -0.1) is 0 Å². The standard InChI is InChI=1S/C27H28N2O5/c30-24(29-13-23(25(31)32)27(15-29)9-10-27)21-11-16(21)12-28-26(33)34-14-22-19-7-3-1-5-17(19)18-6-2-4-8-20(18)22/h1-8,16,21-23H,9-15H2,(H,28,33)(H,31,32)/t16-,21-,23?/m1/s1. The average Bonchev–Trinajstić information content (AvgIpc) is 3.72. The Hall–Kier alpha value is -3.35. The number of carboxylic acid groups (broad SMARTS) is 1. The summed E-state index contributed by atoms with van der Waals surface area (Å²) >= 11 is 0. The van der Waals surface area contributed by atoms with Gasteiger partial charge in [0.1, 0.15) is 6.61 Å². The average molecular weight is 461 g/mol. The smallest absolute Gasteiger partial charge is 0.407 e. The number of aliphatic carboxylic acids is 1. The minimum absolute atomic E-state index is 0.0143. The molecular formula is C27H28N2O5. The molecule has 3 atom stereocenters. The van der Waals surface area contributed by atoms with Crippen LogP contribution in [-0.4, -0.2) is 54.2 Å². The van der Waals surface area contributed by atoms with Crippen molar-refractivity contribution >= 4 is 18.0 Å². The van der Waals surface area contributed by atoms with Gasteiger partial charge in [0.2, 0.25) is 5.91 Å². The van der Waals surface area contributed by atoms with Gasteiger partial charge >= 0.3 is 12.1 Å². The number of hydrogen-bond donors (Lipinski definition) is 2. The van der Waals surface area contributed by atoms with Crippen LogP contribution in [0.1, 0.15) is 36.3 Å². The molecule has 7 nitrogen and oxygen atoms in total. The molecule has 1 spiro atoms. The van der Waals surface area contributed by atoms with Crippen LogP contribution in [0, 0.1) is 23.2 Å². The van der Waals surface area contributed by atoms with Gasteiger partial charge < -0.3 is 20.1 Å². The van der Waals surface area contributed by atoms with Crippen LogP contribution in [0.15, 0.2) is 48.5 Å². The monoisotopic (exact) mass is 460 g/mol. The van der Waals surface area contributed by atoms with Crippen molar-refractivity contribution in [3.8, 4) is 11.1 Å². The summed E-state index contributed by atoms with van der Waals surface area (Å²) in [4.78, 5) is 38.6. The molecule has 2 aromatic carbocycles. The van der Waals surface area contributed by atoms with Gasteiger partial charge in [0.15, 0.2) is 0 Å². The van der Waals surface area contributed by atoms with Gasteiger partial charge in [-0.2, -0.15) is 0 Å². The molecule has 176 valence electrons. The number of ether oxygens (including phenoxy) is 1. The maximum absolute atomic E-state index is 12.9. The van der Waals surface area contributed by atoms with Crippen molar-refractivity contribution in [2.24, 2.45) is 23.2 Å². The molecule has 1 aliphatic heterocycles. The fourth-order valence-corrected chi connectivity index (χ4v) is 6.02. The van der Waals surface area contributed by atoms with E-state index in [1.165, 1.54) is 22.3 Å². The first kappa shape index (κ1) is 21.2. The van der Waals surface area contributed by atoms with Crippen LogP contribution in [0.4, 0.5) is 4.79 Å². The molecule has 6 rings (SSSR count). The number of amides is 2. The summed E-state index contributed by atoms with van der Waals surface area (Å²) in [5.41, 5.74) is 4.52. The largest absolute Gasteiger partial charge is 0.481 e. The Labute approximate surface area is 198 Å². The van der Waals surface area contributed by atoms with Crippen LogP contribution in [0.5, 0.6) is 0 Å². The molecule has 3 aliphatic carbocycles. The van der Waals surface area contributed by atoms with E-state index in [4.69, 9.17) is 4.74 Å². The van der Waals surface area contributed by atoms with Crippen molar-refractivity contribution in [1.29, 1.82) is 0 Å². The van der Waals surface area contributed by atoms with Crippen molar-refractivity contribution in [3.63, 3.8) is 0 Å². The third-order valence-corrected chi connectivity index (χ3v) is 8.24. The van der Waals surface area contributed by atoms with E-state index in [1.54, 1.807) is 4.90 Å². The summed E-state index contributed by atoms with van der Waals surface area (Å²) in [7, 11) is 0. The third kappa shape index (κ3) is 3.54. The Bertz CT molecular complexity index is 1130. The number of fused-ring (bicyclic) bond motifs is 3. The number of carbonyl (C=O) groups is 3. The van der Waals surface area contributed by atoms with Crippen LogP contribution in [0.3, 0.4) is 0 Å². The van der Waals surface area contributed by atoms with E-state index >= 15 is 0 Å². The summed E-state index contributed by atoms with van der Waals surface area (Å²) in [6, 6.07) is 16.4. The third-order valence-electron chi connectivity index (χ3n) is 8.24. The Morgan fingerprint density at radius 1 is 1.03 bits per heavy atom. The highest BCUT2D eigenvalue weighted by Gasteiger charge is 2.60. The lowest BCUT2D eigenvalue weighted by atomic mass is 9.93. The van der Waals surface area contributed by atoms with Crippen LogP contribution in [0.25, 0.3) is 11.1 Å². The number of rotatable bonds is 6. The van der Waals surface area contributed by atoms with E-state index in [-0.39, 0.29) is 35.7 Å². The number of hydrogen-bond acceptors (Lipinski definition) is 4. The quantitative estimate of drug-likeness (QED) is 0.688. The van der Waals surface area contributed by atoms with Crippen molar-refractivity contribution in [2.75, 3.05) is 26.2 Å². The van der Waals surface area contributed by atoms with Crippen LogP contribution >= 0.6 is 0 Å². The molecule has 1 unspecified atom stereocenters. The maximum atomic E-state index is 12.9. The van der Waals surface area contributed by atoms with Gasteiger partial charge in [-0.05, 0) is 47.4 Å². The number of benzene rings is 2. The van der Waals surface area contributed by atoms with Gasteiger partial charge in [0.25, 0.3) is 0 Å². The SMILES string of the molecule is O=C(NC[C@H]1C[C@H]1C(=O)N1CC(C(=O)O)C2(CC2)C1)OCC1c2ccccc2-c2ccccc21. The van der Waals surface area contributed by atoms with E-state index < -0.39 is 18.0 Å². The minimum Gasteiger partial charge on any atom is -0.481 e. The van der Waals surface area contributed by atoms with Gasteiger partial charge in [0, 0.05) is 36.9 Å². The fraction of sp³-hybridized carbons (Fsp3) is 0.444. The summed E-state index contributed by atoms with van der Waals surface area (Å²) < 4.78 is 5.58. The topological polar surface area (TPSA) is 95.9 Å². The molecule has 34 heavy (non-hydrogen) atoms. The van der Waals surface area contributed by atoms with E-state index in [0.717, 1.165) is 19.3 Å². The normalized spacial score (nSPS) is 25.5. The molecule has 0 radical (unpaired) electrons. The number of likely N-dealkylation sites (tertiary alicyclic amines) is 1. The highest BCUT2D eigenvalue weighted by Crippen LogP contribution is 2.57. The zero-order chi connectivity index (χ0) is 23.4. The van der Waals surface area contributed by atoms with E-state index in [9.17, 15) is 19.5 Å². The maximum Gasteiger partial charge on any atom is 0.407 e. The van der Waals surface area contributed by atoms with Gasteiger partial charge in [-0.1, -0.05) is 48.5 Å². The first-order chi connectivity index (χ1) is 16.5. The van der Waals surface area contributed by atoms with E-state index in [1.807, 2.05) is 24.3 Å². The Morgan fingerprint density at radius 3 is 2.26 bits per heavy atom. The summed E-state index contributed by atoms with van der Waals surface area (Å²) in [6.45, 7) is 1.54. The van der Waals surface area contributed by atoms with Gasteiger partial charge in [-0.25, -0.2) is 4.79 Å². The second kappa shape index (κ2) is 7.86. The highest BCUT2D eigenvalue weighted by molar-refractivity contribution is 5.84. The van der Waals surface area contributed by atoms with Crippen LogP contribution in [0.2, 0.25) is 0 Å². The molecule has 1 saturated heterocycles. The summed E-state index contributed by atoms with van der Waals surface area (Å²) in [6.07, 6.45) is 2.05. The molecule has 0 bridgehead atoms. The lowest BCUT2D eigenvalue weighted by Gasteiger charge is -2.16. The first-order valence-corrected chi connectivity index (χ1v) is 12.1. The van der Waals surface area contributed by atoms with E-state index in [2.05, 4.69) is 29.6 Å². The number of nitrogens with one attached hydrogen (secondary N) is 1. The van der Waals surface area contributed by atoms with Gasteiger partial charge in [0.05, 0.1) is 5.92 Å². The lowest BCUT2D eigenvalue weighted by Crippen LogP contribution is -2.33. The zero-order valence-electron chi connectivity index (χ0n) is 18.9. The molecular weight excluding hydrogens is 432 g/mol. The predicted molar refractivity (Wildman–Crippen MR) is 124 cm³/mol. The second-order valence-electron chi connectivity index (χ2n) is 10.3. The second-order valence-corrected chi connectivity index (χ2v) is 10.3. The molecule has 1 heterocycles. The molecule has 0 aromatic heterocycles. The summed E-state index contributed by atoms with van der Waals surface area (Å²) in [5.74, 6) is -1.22. The Morgan fingerprint density at radius 2 is 1.68 bits per heavy atom. The first-order valence-electron chi connectivity index (χ1n) is 12.1. The molecule has 4 aliphatic rings. The molecule has 7 heteroatoms. The Balaban J connectivity index is 0.997. The predicted octanol–water partition coefficient (Wildman–Crippen LogP) is 3.48. The number of carboxylic acids is 1. The van der Waals surface area contributed by atoms with Gasteiger partial charge in [-0.3, -0.25) is 9.59 Å². The van der Waals surface area contributed by atoms with E-state index in [0.29, 0.717) is 19.6 Å². The molecule has 2 N–H and O–H groups in total. The van der Waals surface area contributed by atoms with Crippen LogP contribution < -0.4 is 5.32 Å².